The Morgan fingerprint density at radius 3 is 2.14 bits per heavy atom. The minimum absolute atomic E-state index is 0.0337. The quantitative estimate of drug-likeness (QED) is 0.210. The number of nitro benzene ring substituents is 1. The summed E-state index contributed by atoms with van der Waals surface area (Å²) in [7, 11) is -3.58. The summed E-state index contributed by atoms with van der Waals surface area (Å²) in [5, 5.41) is 19.6. The average Bonchev–Trinajstić information content (AvgIpc) is 3.11. The zero-order valence-corrected chi connectivity index (χ0v) is 20.4. The molecule has 0 amide bonds. The summed E-state index contributed by atoms with van der Waals surface area (Å²) in [6.45, 7) is 5.99. The van der Waals surface area contributed by atoms with Gasteiger partial charge in [-0.1, -0.05) is 35.9 Å². The van der Waals surface area contributed by atoms with Crippen LogP contribution in [0.25, 0.3) is 5.69 Å². The lowest BCUT2D eigenvalue weighted by Gasteiger charge is -2.33. The molecule has 3 aromatic carbocycles. The Morgan fingerprint density at radius 2 is 1.51 bits per heavy atom. The molecule has 0 saturated heterocycles. The number of rotatable bonds is 5. The SMILES string of the molecule is Cc1ccc(-n2c(C)c3c(c2C)[P@](=O)(Nc2ccc([N+](=O)[O-])cc2)N(c2ccccc2)N=C3)cc1. The summed E-state index contributed by atoms with van der Waals surface area (Å²) < 4.78 is 18.6. The minimum atomic E-state index is -3.58. The van der Waals surface area contributed by atoms with Gasteiger partial charge in [0.2, 0.25) is 0 Å². The van der Waals surface area contributed by atoms with Gasteiger partial charge < -0.3 is 9.65 Å². The van der Waals surface area contributed by atoms with Crippen molar-refractivity contribution in [1.82, 2.24) is 4.57 Å². The van der Waals surface area contributed by atoms with Crippen LogP contribution in [0.4, 0.5) is 17.1 Å². The number of aryl methyl sites for hydroxylation is 1. The maximum Gasteiger partial charge on any atom is 0.312 e. The fourth-order valence-corrected chi connectivity index (χ4v) is 7.10. The number of nitro groups is 1. The van der Waals surface area contributed by atoms with E-state index >= 15 is 4.57 Å². The number of hydrazone groups is 1. The molecule has 0 aliphatic carbocycles. The molecule has 0 saturated carbocycles. The highest BCUT2D eigenvalue weighted by molar-refractivity contribution is 7.74. The van der Waals surface area contributed by atoms with Gasteiger partial charge in [0.15, 0.2) is 0 Å². The van der Waals surface area contributed by atoms with Gasteiger partial charge in [0.05, 0.1) is 22.1 Å². The molecule has 1 N–H and O–H groups in total. The Balaban J connectivity index is 1.70. The van der Waals surface area contributed by atoms with Gasteiger partial charge in [0, 0.05) is 40.5 Å². The van der Waals surface area contributed by atoms with E-state index in [-0.39, 0.29) is 5.69 Å². The Labute approximate surface area is 203 Å². The molecule has 0 unspecified atom stereocenters. The van der Waals surface area contributed by atoms with Crippen LogP contribution < -0.4 is 15.2 Å². The van der Waals surface area contributed by atoms with Crippen molar-refractivity contribution in [2.75, 3.05) is 9.87 Å². The maximum atomic E-state index is 15.0. The highest BCUT2D eigenvalue weighted by Crippen LogP contribution is 2.54. The third-order valence-corrected chi connectivity index (χ3v) is 8.76. The molecule has 5 rings (SSSR count). The molecule has 4 aromatic rings. The summed E-state index contributed by atoms with van der Waals surface area (Å²) >= 11 is 0. The number of hydrogen-bond donors (Lipinski definition) is 1. The number of nitrogens with zero attached hydrogens (tertiary/aromatic N) is 4. The zero-order chi connectivity index (χ0) is 24.7. The van der Waals surface area contributed by atoms with E-state index in [1.54, 1.807) is 18.3 Å². The van der Waals surface area contributed by atoms with Crippen LogP contribution in [0.2, 0.25) is 0 Å². The second-order valence-electron chi connectivity index (χ2n) is 8.47. The van der Waals surface area contributed by atoms with Gasteiger partial charge >= 0.3 is 7.44 Å². The second kappa shape index (κ2) is 8.56. The summed E-state index contributed by atoms with van der Waals surface area (Å²) in [5.74, 6) is 0. The Kier molecular flexibility index (Phi) is 5.53. The van der Waals surface area contributed by atoms with E-state index in [4.69, 9.17) is 0 Å². The molecule has 0 bridgehead atoms. The van der Waals surface area contributed by atoms with E-state index in [0.717, 1.165) is 28.2 Å². The van der Waals surface area contributed by atoms with Crippen molar-refractivity contribution in [3.05, 3.63) is 111 Å². The van der Waals surface area contributed by atoms with Crippen molar-refractivity contribution in [2.45, 2.75) is 20.8 Å². The maximum absolute atomic E-state index is 15.0. The van der Waals surface area contributed by atoms with E-state index < -0.39 is 12.4 Å². The zero-order valence-electron chi connectivity index (χ0n) is 19.5. The van der Waals surface area contributed by atoms with E-state index in [9.17, 15) is 10.1 Å². The third-order valence-electron chi connectivity index (χ3n) is 6.16. The van der Waals surface area contributed by atoms with E-state index in [0.29, 0.717) is 16.7 Å². The molecular weight excluding hydrogens is 461 g/mol. The first-order valence-electron chi connectivity index (χ1n) is 11.1. The van der Waals surface area contributed by atoms with Crippen LogP contribution in [0.1, 0.15) is 22.5 Å². The van der Waals surface area contributed by atoms with Gasteiger partial charge in [-0.05, 0) is 57.2 Å². The van der Waals surface area contributed by atoms with Crippen molar-refractivity contribution in [2.24, 2.45) is 5.10 Å². The van der Waals surface area contributed by atoms with Crippen LogP contribution in [-0.2, 0) is 4.57 Å². The van der Waals surface area contributed by atoms with Gasteiger partial charge in [-0.3, -0.25) is 14.7 Å². The van der Waals surface area contributed by atoms with Crippen LogP contribution in [0.15, 0.2) is 84.0 Å². The molecule has 1 aliphatic heterocycles. The van der Waals surface area contributed by atoms with Gasteiger partial charge in [-0.25, -0.2) is 0 Å². The summed E-state index contributed by atoms with van der Waals surface area (Å²) in [4.78, 5) is 10.6. The van der Waals surface area contributed by atoms with Crippen molar-refractivity contribution < 1.29 is 9.49 Å². The van der Waals surface area contributed by atoms with Crippen LogP contribution in [-0.4, -0.2) is 15.7 Å². The third kappa shape index (κ3) is 3.82. The molecule has 9 heteroatoms. The topological polar surface area (TPSA) is 92.8 Å². The van der Waals surface area contributed by atoms with Crippen LogP contribution in [0.5, 0.6) is 0 Å². The first kappa shape index (κ1) is 22.6. The van der Waals surface area contributed by atoms with Crippen molar-refractivity contribution in [3.8, 4) is 5.69 Å². The normalized spacial score (nSPS) is 16.7. The Bertz CT molecular complexity index is 1490. The number of para-hydroxylation sites is 1. The highest BCUT2D eigenvalue weighted by Gasteiger charge is 2.42. The standard InChI is InChI=1S/C26H24N5O3P/c1-18-9-13-22(14-10-18)29-19(2)25-17-27-30(23-7-5-4-6-8-23)35(34,26(25)20(29)3)28-21-11-15-24(16-12-21)31(32)33/h4-17H,1-3H3,(H,28,34)/t35-/m0/s1. The summed E-state index contributed by atoms with van der Waals surface area (Å²) in [6.07, 6.45) is 1.75. The molecule has 2 heterocycles. The molecule has 1 atom stereocenters. The molecular formula is C26H24N5O3P. The van der Waals surface area contributed by atoms with Gasteiger partial charge in [0.25, 0.3) is 5.69 Å². The fourth-order valence-electron chi connectivity index (χ4n) is 4.47. The molecule has 0 radical (unpaired) electrons. The molecule has 0 spiro atoms. The van der Waals surface area contributed by atoms with Gasteiger partial charge in [-0.15, -0.1) is 0 Å². The second-order valence-corrected chi connectivity index (χ2v) is 10.7. The number of benzene rings is 3. The van der Waals surface area contributed by atoms with Crippen molar-refractivity contribution in [1.29, 1.82) is 0 Å². The minimum Gasteiger partial charge on any atom is -0.317 e. The van der Waals surface area contributed by atoms with Gasteiger partial charge in [-0.2, -0.15) is 9.88 Å². The van der Waals surface area contributed by atoms with E-state index in [1.165, 1.54) is 16.9 Å². The lowest BCUT2D eigenvalue weighted by molar-refractivity contribution is -0.384. The van der Waals surface area contributed by atoms with Crippen LogP contribution >= 0.6 is 7.44 Å². The molecule has 1 aromatic heterocycles. The number of non-ortho nitro benzene ring substituents is 1. The van der Waals surface area contributed by atoms with Crippen LogP contribution in [0, 0.1) is 30.9 Å². The number of nitrogens with one attached hydrogen (secondary N) is 1. The number of fused-ring (bicyclic) bond motifs is 1. The predicted molar refractivity (Wildman–Crippen MR) is 140 cm³/mol. The van der Waals surface area contributed by atoms with Crippen LogP contribution in [0.3, 0.4) is 0 Å². The Morgan fingerprint density at radius 1 is 0.857 bits per heavy atom. The lowest BCUT2D eigenvalue weighted by Crippen LogP contribution is -2.32. The first-order valence-corrected chi connectivity index (χ1v) is 12.8. The number of aromatic nitrogens is 1. The smallest absolute Gasteiger partial charge is 0.312 e. The van der Waals surface area contributed by atoms with Gasteiger partial charge in [0.1, 0.15) is 0 Å². The molecule has 176 valence electrons. The molecule has 35 heavy (non-hydrogen) atoms. The molecule has 1 aliphatic rings. The lowest BCUT2D eigenvalue weighted by atomic mass is 10.2. The molecule has 0 fully saturated rings. The molecule has 8 nitrogen and oxygen atoms in total. The Hall–Kier alpha value is -4.16. The average molecular weight is 485 g/mol. The number of hydrogen-bond acceptors (Lipinski definition) is 4. The van der Waals surface area contributed by atoms with Crippen molar-refractivity contribution >= 4 is 36.0 Å². The first-order chi connectivity index (χ1) is 16.8. The monoisotopic (exact) mass is 485 g/mol. The summed E-state index contributed by atoms with van der Waals surface area (Å²) in [6, 6.07) is 23.4. The van der Waals surface area contributed by atoms with E-state index in [1.807, 2.05) is 75.4 Å². The largest absolute Gasteiger partial charge is 0.317 e. The fraction of sp³-hybridized carbons (Fsp3) is 0.115. The highest BCUT2D eigenvalue weighted by atomic mass is 31.2. The number of anilines is 2. The van der Waals surface area contributed by atoms with E-state index in [2.05, 4.69) is 14.8 Å². The summed E-state index contributed by atoms with van der Waals surface area (Å²) in [5.41, 5.74) is 5.84. The van der Waals surface area contributed by atoms with Crippen molar-refractivity contribution in [3.63, 3.8) is 0 Å². The predicted octanol–water partition coefficient (Wildman–Crippen LogP) is 6.10.